The van der Waals surface area contributed by atoms with Crippen molar-refractivity contribution in [1.29, 1.82) is 0 Å². The number of nitrogens with two attached hydrogens (primary N) is 1. The minimum Gasteiger partial charge on any atom is -0.461 e. The van der Waals surface area contributed by atoms with Crippen LogP contribution >= 0.6 is 11.3 Å². The van der Waals surface area contributed by atoms with Crippen LogP contribution in [0.2, 0.25) is 0 Å². The Labute approximate surface area is 117 Å². The third-order valence-electron chi connectivity index (χ3n) is 2.47. The molecule has 0 aliphatic carbocycles. The Hall–Kier alpha value is -1.56. The summed E-state index contributed by atoms with van der Waals surface area (Å²) in [5, 5.41) is 3.03. The fourth-order valence-electron chi connectivity index (χ4n) is 1.57. The number of hydrogen-bond donors (Lipinski definition) is 2. The standard InChI is InChI=1S/C13H20N2O3S/c1-5-15-12(16)9-8(4)10(19-11(9)14)13(17)18-6-7(2)3/h7H,5-6,14H2,1-4H3,(H,15,16). The average Bonchev–Trinajstić information content (AvgIpc) is 2.62. The van der Waals surface area contributed by atoms with Crippen molar-refractivity contribution >= 4 is 28.2 Å². The second-order valence-electron chi connectivity index (χ2n) is 4.65. The van der Waals surface area contributed by atoms with Crippen LogP contribution in [0.15, 0.2) is 0 Å². The highest BCUT2D eigenvalue weighted by Gasteiger charge is 2.23. The van der Waals surface area contributed by atoms with Crippen molar-refractivity contribution in [3.05, 3.63) is 16.0 Å². The van der Waals surface area contributed by atoms with E-state index in [1.54, 1.807) is 6.92 Å². The van der Waals surface area contributed by atoms with Gasteiger partial charge in [0.15, 0.2) is 0 Å². The maximum absolute atomic E-state index is 11.9. The average molecular weight is 284 g/mol. The number of thiophene rings is 1. The van der Waals surface area contributed by atoms with Crippen LogP contribution in [0.4, 0.5) is 5.00 Å². The number of nitrogen functional groups attached to an aromatic ring is 1. The summed E-state index contributed by atoms with van der Waals surface area (Å²) in [5.74, 6) is -0.403. The largest absolute Gasteiger partial charge is 0.461 e. The first-order chi connectivity index (χ1) is 8.88. The van der Waals surface area contributed by atoms with Crippen molar-refractivity contribution in [3.8, 4) is 0 Å². The second kappa shape index (κ2) is 6.56. The molecule has 19 heavy (non-hydrogen) atoms. The summed E-state index contributed by atoms with van der Waals surface area (Å²) in [7, 11) is 0. The zero-order valence-corrected chi connectivity index (χ0v) is 12.5. The van der Waals surface area contributed by atoms with Crippen LogP contribution in [0.5, 0.6) is 0 Å². The summed E-state index contributed by atoms with van der Waals surface area (Å²) in [6, 6.07) is 0. The molecule has 1 rings (SSSR count). The van der Waals surface area contributed by atoms with Gasteiger partial charge >= 0.3 is 5.97 Å². The Morgan fingerprint density at radius 1 is 1.42 bits per heavy atom. The highest BCUT2D eigenvalue weighted by molar-refractivity contribution is 7.18. The van der Waals surface area contributed by atoms with Gasteiger partial charge in [0.05, 0.1) is 17.2 Å². The number of hydrogen-bond acceptors (Lipinski definition) is 5. The van der Waals surface area contributed by atoms with Crippen LogP contribution in [0.3, 0.4) is 0 Å². The van der Waals surface area contributed by atoms with Crippen LogP contribution in [-0.2, 0) is 4.74 Å². The van der Waals surface area contributed by atoms with E-state index in [2.05, 4.69) is 5.32 Å². The Morgan fingerprint density at radius 3 is 2.58 bits per heavy atom. The van der Waals surface area contributed by atoms with E-state index in [9.17, 15) is 9.59 Å². The zero-order chi connectivity index (χ0) is 14.6. The number of ether oxygens (including phenoxy) is 1. The van der Waals surface area contributed by atoms with Gasteiger partial charge in [-0.25, -0.2) is 4.79 Å². The zero-order valence-electron chi connectivity index (χ0n) is 11.7. The normalized spacial score (nSPS) is 10.6. The van der Waals surface area contributed by atoms with Crippen molar-refractivity contribution in [1.82, 2.24) is 5.32 Å². The third-order valence-corrected chi connectivity index (χ3v) is 3.57. The number of rotatable bonds is 5. The predicted octanol–water partition coefficient (Wildman–Crippen LogP) is 2.20. The summed E-state index contributed by atoms with van der Waals surface area (Å²) < 4.78 is 5.16. The minimum absolute atomic E-state index is 0.253. The van der Waals surface area contributed by atoms with Gasteiger partial charge in [-0.05, 0) is 25.3 Å². The van der Waals surface area contributed by atoms with Crippen LogP contribution in [-0.4, -0.2) is 25.0 Å². The van der Waals surface area contributed by atoms with E-state index in [0.717, 1.165) is 11.3 Å². The van der Waals surface area contributed by atoms with E-state index in [-0.39, 0.29) is 11.8 Å². The molecule has 106 valence electrons. The van der Waals surface area contributed by atoms with E-state index in [4.69, 9.17) is 10.5 Å². The monoisotopic (exact) mass is 284 g/mol. The molecule has 0 fully saturated rings. The molecule has 1 heterocycles. The lowest BCUT2D eigenvalue weighted by molar-refractivity contribution is 0.0464. The fraction of sp³-hybridized carbons (Fsp3) is 0.538. The van der Waals surface area contributed by atoms with Crippen LogP contribution in [0.1, 0.15) is 46.4 Å². The summed E-state index contributed by atoms with van der Waals surface area (Å²) >= 11 is 1.10. The molecule has 0 radical (unpaired) electrons. The first kappa shape index (κ1) is 15.5. The molecule has 6 heteroatoms. The van der Waals surface area contributed by atoms with Crippen molar-refractivity contribution in [2.24, 2.45) is 5.92 Å². The predicted molar refractivity (Wildman–Crippen MR) is 76.6 cm³/mol. The fourth-order valence-corrected chi connectivity index (χ4v) is 2.53. The molecule has 1 aromatic heterocycles. The van der Waals surface area contributed by atoms with Gasteiger partial charge in [-0.2, -0.15) is 0 Å². The van der Waals surface area contributed by atoms with Crippen LogP contribution < -0.4 is 11.1 Å². The first-order valence-corrected chi connectivity index (χ1v) is 7.04. The molecule has 0 aromatic carbocycles. The number of nitrogens with one attached hydrogen (secondary N) is 1. The van der Waals surface area contributed by atoms with E-state index in [0.29, 0.717) is 34.2 Å². The van der Waals surface area contributed by atoms with Crippen molar-refractivity contribution in [2.75, 3.05) is 18.9 Å². The van der Waals surface area contributed by atoms with Crippen LogP contribution in [0.25, 0.3) is 0 Å². The molecule has 1 aromatic rings. The molecule has 0 unspecified atom stereocenters. The Balaban J connectivity index is 2.96. The Morgan fingerprint density at radius 2 is 2.05 bits per heavy atom. The van der Waals surface area contributed by atoms with Gasteiger partial charge in [0, 0.05) is 6.54 Å². The molecule has 0 aliphatic heterocycles. The van der Waals surface area contributed by atoms with Gasteiger partial charge in [-0.15, -0.1) is 11.3 Å². The van der Waals surface area contributed by atoms with Crippen molar-refractivity contribution in [3.63, 3.8) is 0 Å². The summed E-state index contributed by atoms with van der Waals surface area (Å²) in [6.45, 7) is 8.33. The van der Waals surface area contributed by atoms with E-state index in [1.165, 1.54) is 0 Å². The van der Waals surface area contributed by atoms with Crippen molar-refractivity contribution < 1.29 is 14.3 Å². The molecule has 0 spiro atoms. The molecule has 3 N–H and O–H groups in total. The smallest absolute Gasteiger partial charge is 0.348 e. The number of esters is 1. The van der Waals surface area contributed by atoms with Crippen LogP contribution in [0, 0.1) is 12.8 Å². The number of carbonyl (C=O) groups is 2. The lowest BCUT2D eigenvalue weighted by atomic mass is 10.1. The van der Waals surface area contributed by atoms with Gasteiger partial charge < -0.3 is 15.8 Å². The molecule has 5 nitrogen and oxygen atoms in total. The minimum atomic E-state index is -0.418. The number of carbonyl (C=O) groups excluding carboxylic acids is 2. The van der Waals surface area contributed by atoms with Crippen molar-refractivity contribution in [2.45, 2.75) is 27.7 Å². The first-order valence-electron chi connectivity index (χ1n) is 6.22. The molecule has 0 bridgehead atoms. The lowest BCUT2D eigenvalue weighted by Crippen LogP contribution is -2.24. The third kappa shape index (κ3) is 3.70. The molecular weight excluding hydrogens is 264 g/mol. The van der Waals surface area contributed by atoms with Gasteiger partial charge in [-0.1, -0.05) is 13.8 Å². The van der Waals surface area contributed by atoms with Gasteiger partial charge in [0.2, 0.25) is 0 Å². The highest BCUT2D eigenvalue weighted by atomic mass is 32.1. The number of amides is 1. The highest BCUT2D eigenvalue weighted by Crippen LogP contribution is 2.31. The molecule has 1 amide bonds. The van der Waals surface area contributed by atoms with Gasteiger partial charge in [0.25, 0.3) is 5.91 Å². The van der Waals surface area contributed by atoms with E-state index >= 15 is 0 Å². The SMILES string of the molecule is CCNC(=O)c1c(N)sc(C(=O)OCC(C)C)c1C. The van der Waals surface area contributed by atoms with E-state index in [1.807, 2.05) is 20.8 Å². The molecule has 0 saturated carbocycles. The number of anilines is 1. The summed E-state index contributed by atoms with van der Waals surface area (Å²) in [5.41, 5.74) is 6.78. The quantitative estimate of drug-likeness (QED) is 0.812. The lowest BCUT2D eigenvalue weighted by Gasteiger charge is -2.06. The van der Waals surface area contributed by atoms with E-state index < -0.39 is 5.97 Å². The molecule has 0 atom stereocenters. The molecular formula is C13H20N2O3S. The second-order valence-corrected chi connectivity index (χ2v) is 5.70. The summed E-state index contributed by atoms with van der Waals surface area (Å²) in [6.07, 6.45) is 0. The summed E-state index contributed by atoms with van der Waals surface area (Å²) in [4.78, 5) is 24.2. The Kier molecular flexibility index (Phi) is 5.35. The van der Waals surface area contributed by atoms with Gasteiger partial charge in [-0.3, -0.25) is 4.79 Å². The molecule has 0 aliphatic rings. The molecule has 0 saturated heterocycles. The maximum Gasteiger partial charge on any atom is 0.348 e. The maximum atomic E-state index is 11.9. The Bertz CT molecular complexity index is 480. The topological polar surface area (TPSA) is 81.4 Å². The van der Waals surface area contributed by atoms with Gasteiger partial charge in [0.1, 0.15) is 4.88 Å².